The Morgan fingerprint density at radius 2 is 1.58 bits per heavy atom. The fourth-order valence-corrected chi connectivity index (χ4v) is 7.34. The molecule has 1 aromatic heterocycles. The summed E-state index contributed by atoms with van der Waals surface area (Å²) in [6, 6.07) is 11.6. The first-order chi connectivity index (χ1) is 27.1. The number of azo groups is 2. The molecule has 0 unspecified atom stereocenters. The quantitative estimate of drug-likeness (QED) is 0.0130. The molecular formula is C29H24N6O18S4. The second-order valence-corrected chi connectivity index (χ2v) is 15.4. The minimum absolute atomic E-state index is 0.000617. The van der Waals surface area contributed by atoms with Gasteiger partial charge in [-0.2, -0.15) is 13.5 Å². The van der Waals surface area contributed by atoms with Gasteiger partial charge in [-0.25, -0.2) is 28.4 Å². The van der Waals surface area contributed by atoms with E-state index in [4.69, 9.17) is 19.4 Å². The lowest BCUT2D eigenvalue weighted by molar-refractivity contribution is -0.434. The van der Waals surface area contributed by atoms with Crippen LogP contribution in [0.5, 0.6) is 23.1 Å². The van der Waals surface area contributed by atoms with E-state index in [1.54, 1.807) is 0 Å². The molecule has 0 fully saturated rings. The summed E-state index contributed by atoms with van der Waals surface area (Å²) in [6.07, 6.45) is 0. The normalized spacial score (nSPS) is 12.3. The largest absolute Gasteiger partial charge is 0.506 e. The first-order valence-corrected chi connectivity index (χ1v) is 19.4. The van der Waals surface area contributed by atoms with E-state index in [9.17, 15) is 46.6 Å². The van der Waals surface area contributed by atoms with Crippen molar-refractivity contribution in [3.63, 3.8) is 0 Å². The zero-order valence-corrected chi connectivity index (χ0v) is 31.4. The third-order valence-corrected chi connectivity index (χ3v) is 10.8. The number of nitrogens with zero attached hydrogens (tertiary/aromatic N) is 6. The van der Waals surface area contributed by atoms with Crippen molar-refractivity contribution in [3.8, 4) is 28.8 Å². The molecule has 0 aliphatic carbocycles. The fourth-order valence-electron chi connectivity index (χ4n) is 4.78. The molecule has 0 amide bonds. The highest BCUT2D eigenvalue weighted by molar-refractivity contribution is 7.94. The van der Waals surface area contributed by atoms with Crippen molar-refractivity contribution >= 4 is 83.8 Å². The van der Waals surface area contributed by atoms with Gasteiger partial charge in [-0.1, -0.05) is 16.1 Å². The lowest BCUT2D eigenvalue weighted by Crippen LogP contribution is -2.12. The topological polar surface area (TPSA) is 350 Å². The molecule has 4 aromatic carbocycles. The minimum Gasteiger partial charge on any atom is -0.506 e. The van der Waals surface area contributed by atoms with Crippen molar-refractivity contribution in [2.75, 3.05) is 19.5 Å². The van der Waals surface area contributed by atoms with Crippen LogP contribution < -0.4 is 4.74 Å². The summed E-state index contributed by atoms with van der Waals surface area (Å²) in [7, 11) is -7.55. The molecule has 24 nitrogen and oxygen atoms in total. The van der Waals surface area contributed by atoms with E-state index in [1.165, 1.54) is 24.3 Å². The van der Waals surface area contributed by atoms with Gasteiger partial charge >= 0.3 is 5.97 Å². The Labute approximate surface area is 327 Å². The van der Waals surface area contributed by atoms with Crippen LogP contribution in [0, 0.1) is 0 Å². The van der Waals surface area contributed by atoms with Gasteiger partial charge in [-0.15, -0.1) is 29.1 Å². The van der Waals surface area contributed by atoms with Crippen molar-refractivity contribution in [2.24, 2.45) is 20.5 Å². The number of aromatic hydroxyl groups is 3. The van der Waals surface area contributed by atoms with E-state index in [0.717, 1.165) is 48.2 Å². The summed E-state index contributed by atoms with van der Waals surface area (Å²) in [6.45, 7) is -0.429. The molecule has 0 saturated heterocycles. The number of carbonyl (C=O) groups is 1. The van der Waals surface area contributed by atoms with Crippen molar-refractivity contribution in [3.05, 3.63) is 66.4 Å². The van der Waals surface area contributed by atoms with Gasteiger partial charge in [0.1, 0.15) is 27.8 Å². The number of methoxy groups -OCH3 is 1. The number of phenols is 2. The monoisotopic (exact) mass is 872 g/mol. The van der Waals surface area contributed by atoms with Crippen molar-refractivity contribution < 1.29 is 84.8 Å². The zero-order valence-electron chi connectivity index (χ0n) is 28.1. The Kier molecular flexibility index (Phi) is 13.6. The number of ether oxygens (including phenoxy) is 1. The highest BCUT2D eigenvalue weighted by Gasteiger charge is 2.26. The zero-order chi connectivity index (χ0) is 41.5. The van der Waals surface area contributed by atoms with E-state index in [-0.39, 0.29) is 51.1 Å². The molecule has 28 heteroatoms. The van der Waals surface area contributed by atoms with Gasteiger partial charge in [0, 0.05) is 17.5 Å². The Balaban J connectivity index is 1.50. The number of carboxylic acids is 1. The molecule has 0 spiro atoms. The average Bonchev–Trinajstić information content (AvgIpc) is 3.51. The molecule has 0 radical (unpaired) electrons. The van der Waals surface area contributed by atoms with Gasteiger partial charge < -0.3 is 25.2 Å². The second-order valence-electron chi connectivity index (χ2n) is 10.7. The maximum absolute atomic E-state index is 12.9. The third-order valence-electron chi connectivity index (χ3n) is 7.28. The third kappa shape index (κ3) is 9.91. The molecule has 302 valence electrons. The number of hydrogen-bond donors (Lipinski definition) is 7. The standard InChI is InChI=1S/C29H24N6O18S4/c1-48-21-12-19(20(36)13-23(21)56(43,44)9-8-49-55-53-51-42)31-32-24-22(54-52-50-41)10-14-2-3-15(11-18(14)27(24)37)30-33-25-26(29(39)40)35(34-28(25)38)16-4-6-17(7-5-16)57(45,46)47/h2-7,10-13,36-37,41-42H,8-9H2,1H3,(H,34,38)(H,39,40)(H,45,46,47). The van der Waals surface area contributed by atoms with Crippen LogP contribution in [0.25, 0.3) is 16.5 Å². The molecule has 5 rings (SSSR count). The van der Waals surface area contributed by atoms with Crippen LogP contribution in [0.2, 0.25) is 0 Å². The molecular weight excluding hydrogens is 849 g/mol. The number of benzene rings is 4. The molecule has 0 bridgehead atoms. The Morgan fingerprint density at radius 1 is 0.877 bits per heavy atom. The summed E-state index contributed by atoms with van der Waals surface area (Å²) >= 11 is 0.552. The maximum Gasteiger partial charge on any atom is 0.357 e. The molecule has 1 heterocycles. The molecule has 5 aromatic rings. The summed E-state index contributed by atoms with van der Waals surface area (Å²) in [5.41, 5.74) is -1.95. The summed E-state index contributed by atoms with van der Waals surface area (Å²) in [4.78, 5) is 11.3. The first-order valence-electron chi connectivity index (χ1n) is 14.9. The molecule has 0 atom stereocenters. The van der Waals surface area contributed by atoms with Crippen LogP contribution >= 0.6 is 24.4 Å². The number of fused-ring (bicyclic) bond motifs is 1. The number of sulfone groups is 1. The molecule has 7 N–H and O–H groups in total. The number of hydrogen-bond acceptors (Lipinski definition) is 23. The van der Waals surface area contributed by atoms with Crippen LogP contribution in [0.4, 0.5) is 22.7 Å². The Hall–Kier alpha value is -5.50. The van der Waals surface area contributed by atoms with Gasteiger partial charge in [0.15, 0.2) is 39.3 Å². The van der Waals surface area contributed by atoms with Crippen molar-refractivity contribution in [1.82, 2.24) is 9.78 Å². The lowest BCUT2D eigenvalue weighted by Gasteiger charge is -2.12. The van der Waals surface area contributed by atoms with Gasteiger partial charge in [0.25, 0.3) is 16.0 Å². The van der Waals surface area contributed by atoms with Crippen LogP contribution in [-0.2, 0) is 42.9 Å². The van der Waals surface area contributed by atoms with Crippen LogP contribution in [-0.4, -0.2) is 87.5 Å². The minimum atomic E-state index is -4.56. The summed E-state index contributed by atoms with van der Waals surface area (Å²) < 4.78 is 77.1. The maximum atomic E-state index is 12.9. The van der Waals surface area contributed by atoms with E-state index in [2.05, 4.69) is 44.3 Å². The van der Waals surface area contributed by atoms with E-state index in [1.807, 2.05) is 0 Å². The predicted octanol–water partition coefficient (Wildman–Crippen LogP) is 6.13. The van der Waals surface area contributed by atoms with Gasteiger partial charge in [0.2, 0.25) is 0 Å². The van der Waals surface area contributed by atoms with E-state index < -0.39 is 76.8 Å². The van der Waals surface area contributed by atoms with Gasteiger partial charge in [-0.05, 0) is 47.9 Å². The highest BCUT2D eigenvalue weighted by atomic mass is 32.2. The molecule has 0 aliphatic heterocycles. The number of aromatic carboxylic acids is 1. The lowest BCUT2D eigenvalue weighted by atomic mass is 10.1. The van der Waals surface area contributed by atoms with Gasteiger partial charge in [0.05, 0.1) is 52.7 Å². The van der Waals surface area contributed by atoms with Crippen molar-refractivity contribution in [2.45, 2.75) is 14.7 Å². The number of phenolic OH excluding ortho intramolecular Hbond substituents is 2. The van der Waals surface area contributed by atoms with Crippen LogP contribution in [0.1, 0.15) is 10.5 Å². The SMILES string of the molecule is COc1cc(N=Nc2c(SOOO)cc3ccc(N=Nc4c(O)nn(-c5ccc(S(=O)(=O)O)cc5)c4C(=O)O)cc3c2O)c(O)cc1S(=O)(=O)CCOSOOO. The molecule has 0 saturated carbocycles. The smallest absolute Gasteiger partial charge is 0.357 e. The second kappa shape index (κ2) is 18.2. The Morgan fingerprint density at radius 3 is 2.23 bits per heavy atom. The number of carboxylic acid groups (broad SMARTS) is 1. The highest BCUT2D eigenvalue weighted by Crippen LogP contribution is 2.46. The predicted molar refractivity (Wildman–Crippen MR) is 192 cm³/mol. The van der Waals surface area contributed by atoms with Crippen LogP contribution in [0.3, 0.4) is 0 Å². The summed E-state index contributed by atoms with van der Waals surface area (Å²) in [5.74, 6) is -4.61. The van der Waals surface area contributed by atoms with E-state index in [0.29, 0.717) is 17.4 Å². The molecule has 0 aliphatic rings. The van der Waals surface area contributed by atoms with Crippen molar-refractivity contribution in [1.29, 1.82) is 0 Å². The van der Waals surface area contributed by atoms with Gasteiger partial charge in [-0.3, -0.25) is 8.74 Å². The van der Waals surface area contributed by atoms with E-state index >= 15 is 0 Å². The fraction of sp³-hybridized carbons (Fsp3) is 0.103. The van der Waals surface area contributed by atoms with Crippen LogP contribution in [0.15, 0.2) is 95.8 Å². The molecule has 57 heavy (non-hydrogen) atoms. The number of aromatic nitrogens is 2. The first kappa shape index (κ1) is 42.6. The Bertz CT molecular complexity index is 2590. The number of rotatable bonds is 18. The average molecular weight is 873 g/mol. The summed E-state index contributed by atoms with van der Waals surface area (Å²) in [5, 5.41) is 86.2.